The number of ether oxygens (including phenoxy) is 1. The fourth-order valence-electron chi connectivity index (χ4n) is 3.86. The molecule has 1 N–H and O–H groups in total. The van der Waals surface area contributed by atoms with Crippen LogP contribution in [0.1, 0.15) is 31.7 Å². The average molecular weight is 457 g/mol. The number of nitrogens with zero attached hydrogens (tertiary/aromatic N) is 1. The Morgan fingerprint density at radius 1 is 1.22 bits per heavy atom. The largest absolute Gasteiger partial charge is 0.491 e. The number of hydrogen-bond donors (Lipinski definition) is 1. The Bertz CT molecular complexity index is 1230. The third-order valence-electron chi connectivity index (χ3n) is 5.98. The van der Waals surface area contributed by atoms with Gasteiger partial charge in [0, 0.05) is 18.4 Å². The van der Waals surface area contributed by atoms with Crippen LogP contribution in [0, 0.1) is 11.7 Å². The zero-order valence-electron chi connectivity index (χ0n) is 18.5. The molecule has 1 atom stereocenters. The van der Waals surface area contributed by atoms with Gasteiger partial charge < -0.3 is 18.7 Å². The van der Waals surface area contributed by atoms with Gasteiger partial charge in [0.15, 0.2) is 5.43 Å². The number of fused-ring (bicyclic) bond motifs is 1. The minimum atomic E-state index is -2.81. The smallest absolute Gasteiger partial charge is 0.200 e. The minimum Gasteiger partial charge on any atom is -0.491 e. The third kappa shape index (κ3) is 4.83. The number of benzene rings is 2. The minimum absolute atomic E-state index is 0.0428. The van der Waals surface area contributed by atoms with Crippen molar-refractivity contribution in [3.8, 4) is 16.9 Å². The molecule has 1 aromatic heterocycles. The fourth-order valence-corrected chi connectivity index (χ4v) is 4.23. The first-order chi connectivity index (χ1) is 15.3. The van der Waals surface area contributed by atoms with E-state index >= 15 is 4.39 Å². The second-order valence-corrected chi connectivity index (χ2v) is 10.9. The zero-order valence-corrected chi connectivity index (χ0v) is 19.4. The van der Waals surface area contributed by atoms with E-state index in [1.165, 1.54) is 19.2 Å². The molecule has 4 rings (SSSR count). The normalized spacial score (nSPS) is 16.0. The van der Waals surface area contributed by atoms with Gasteiger partial charge in [0.2, 0.25) is 0 Å². The summed E-state index contributed by atoms with van der Waals surface area (Å²) in [6.07, 6.45) is 9.62. The molecular formula is C25H29FNO4P. The average Bonchev–Trinajstić information content (AvgIpc) is 2.73. The molecule has 32 heavy (non-hydrogen) atoms. The van der Waals surface area contributed by atoms with E-state index in [1.54, 1.807) is 16.8 Å². The Hall–Kier alpha value is -2.40. The molecule has 1 saturated carbocycles. The van der Waals surface area contributed by atoms with Gasteiger partial charge in [-0.3, -0.25) is 4.79 Å². The van der Waals surface area contributed by atoms with E-state index in [0.717, 1.165) is 24.8 Å². The van der Waals surface area contributed by atoms with Crippen molar-refractivity contribution >= 4 is 24.5 Å². The van der Waals surface area contributed by atoms with Crippen molar-refractivity contribution in [3.05, 3.63) is 64.2 Å². The summed E-state index contributed by atoms with van der Waals surface area (Å²) < 4.78 is 28.3. The molecule has 0 radical (unpaired) electrons. The zero-order chi connectivity index (χ0) is 22.9. The van der Waals surface area contributed by atoms with Gasteiger partial charge >= 0.3 is 0 Å². The van der Waals surface area contributed by atoms with Crippen LogP contribution in [0.25, 0.3) is 22.0 Å². The molecule has 1 unspecified atom stereocenters. The van der Waals surface area contributed by atoms with Crippen molar-refractivity contribution in [3.63, 3.8) is 0 Å². The van der Waals surface area contributed by atoms with Gasteiger partial charge in [-0.15, -0.1) is 0 Å². The molecule has 7 heteroatoms. The number of aryl methyl sites for hydroxylation is 1. The second-order valence-electron chi connectivity index (χ2n) is 8.58. The van der Waals surface area contributed by atoms with Crippen molar-refractivity contribution in [1.82, 2.24) is 4.57 Å². The van der Waals surface area contributed by atoms with Crippen LogP contribution in [0.3, 0.4) is 0 Å². The number of rotatable bonds is 8. The molecule has 3 aromatic rings. The van der Waals surface area contributed by atoms with Crippen LogP contribution >= 0.6 is 7.34 Å². The highest BCUT2D eigenvalue weighted by Gasteiger charge is 2.22. The van der Waals surface area contributed by atoms with Crippen molar-refractivity contribution in [2.45, 2.75) is 39.3 Å². The SMILES string of the molecule is C=P(C)(O)OCn1cc(-c2ccc(CC)cc2)c(=O)c2c(F)ccc(OCC3CCC3)c21. The first-order valence-corrected chi connectivity index (χ1v) is 13.2. The fraction of sp³-hybridized carbons (Fsp3) is 0.360. The lowest BCUT2D eigenvalue weighted by Crippen LogP contribution is -2.20. The highest BCUT2D eigenvalue weighted by atomic mass is 31.2. The molecule has 0 bridgehead atoms. The molecule has 0 aliphatic heterocycles. The Morgan fingerprint density at radius 3 is 2.53 bits per heavy atom. The predicted octanol–water partition coefficient (Wildman–Crippen LogP) is 5.42. The Labute approximate surface area is 187 Å². The molecule has 0 amide bonds. The standard InChI is InChI=1S/C25H29FNO4P/c1-4-17-8-10-19(11-9-17)20-14-27(16-31-32(2,3)29)24-22(30-15-18-6-5-7-18)13-12-21(26)23(24)25(20)28/h8-14,18,29H,2,4-7,15-16H2,1,3H3. The highest BCUT2D eigenvalue weighted by Crippen LogP contribution is 2.38. The van der Waals surface area contributed by atoms with E-state index in [2.05, 4.69) is 13.2 Å². The summed E-state index contributed by atoms with van der Waals surface area (Å²) in [7, 11) is -2.81. The van der Waals surface area contributed by atoms with Gasteiger partial charge in [-0.1, -0.05) is 43.9 Å². The molecule has 5 nitrogen and oxygen atoms in total. The van der Waals surface area contributed by atoms with Gasteiger partial charge in [0.1, 0.15) is 25.6 Å². The number of aromatic nitrogens is 1. The Kier molecular flexibility index (Phi) is 6.57. The first kappa shape index (κ1) is 22.8. The van der Waals surface area contributed by atoms with Gasteiger partial charge in [0.05, 0.1) is 17.5 Å². The molecule has 1 aliphatic carbocycles. The Balaban J connectivity index is 1.88. The summed E-state index contributed by atoms with van der Waals surface area (Å²) in [5.41, 5.74) is 2.13. The number of hydrogen-bond acceptors (Lipinski definition) is 4. The van der Waals surface area contributed by atoms with Crippen molar-refractivity contribution in [2.75, 3.05) is 13.3 Å². The summed E-state index contributed by atoms with van der Waals surface area (Å²) in [6.45, 7) is 4.03. The molecule has 1 fully saturated rings. The lowest BCUT2D eigenvalue weighted by Gasteiger charge is -2.26. The van der Waals surface area contributed by atoms with E-state index in [9.17, 15) is 9.69 Å². The molecule has 0 spiro atoms. The summed E-state index contributed by atoms with van der Waals surface area (Å²) in [4.78, 5) is 23.5. The van der Waals surface area contributed by atoms with Crippen LogP contribution in [0.2, 0.25) is 0 Å². The highest BCUT2D eigenvalue weighted by molar-refractivity contribution is 7.62. The van der Waals surface area contributed by atoms with Gasteiger partial charge in [-0.25, -0.2) is 4.39 Å². The van der Waals surface area contributed by atoms with E-state index in [-0.39, 0.29) is 12.1 Å². The van der Waals surface area contributed by atoms with Crippen molar-refractivity contribution < 1.29 is 18.5 Å². The molecule has 0 saturated heterocycles. The quantitative estimate of drug-likeness (QED) is 0.459. The topological polar surface area (TPSA) is 60.7 Å². The summed E-state index contributed by atoms with van der Waals surface area (Å²) in [6, 6.07) is 10.5. The summed E-state index contributed by atoms with van der Waals surface area (Å²) >= 11 is 0. The molecule has 170 valence electrons. The first-order valence-electron chi connectivity index (χ1n) is 10.9. The van der Waals surface area contributed by atoms with Crippen LogP contribution in [-0.4, -0.2) is 29.0 Å². The maximum absolute atomic E-state index is 15.0. The van der Waals surface area contributed by atoms with Gasteiger partial charge in [0.25, 0.3) is 0 Å². The molecule has 2 aromatic carbocycles. The van der Waals surface area contributed by atoms with Crippen LogP contribution in [0.4, 0.5) is 4.39 Å². The van der Waals surface area contributed by atoms with E-state index in [1.807, 2.05) is 24.3 Å². The monoisotopic (exact) mass is 457 g/mol. The lowest BCUT2D eigenvalue weighted by molar-refractivity contribution is 0.180. The van der Waals surface area contributed by atoms with Crippen LogP contribution < -0.4 is 10.2 Å². The van der Waals surface area contributed by atoms with Crippen LogP contribution in [0.5, 0.6) is 5.75 Å². The van der Waals surface area contributed by atoms with Crippen LogP contribution in [0.15, 0.2) is 47.4 Å². The van der Waals surface area contributed by atoms with E-state index in [0.29, 0.717) is 34.9 Å². The molecule has 1 heterocycles. The predicted molar refractivity (Wildman–Crippen MR) is 129 cm³/mol. The van der Waals surface area contributed by atoms with Crippen molar-refractivity contribution in [2.24, 2.45) is 5.92 Å². The number of halogens is 1. The molecular weight excluding hydrogens is 428 g/mol. The Morgan fingerprint density at radius 2 is 1.94 bits per heavy atom. The summed E-state index contributed by atoms with van der Waals surface area (Å²) in [5, 5.41) is -0.0428. The molecule has 1 aliphatic rings. The second kappa shape index (κ2) is 9.22. The summed E-state index contributed by atoms with van der Waals surface area (Å²) in [5.74, 6) is 0.302. The van der Waals surface area contributed by atoms with E-state index in [4.69, 9.17) is 9.26 Å². The van der Waals surface area contributed by atoms with E-state index < -0.39 is 18.6 Å². The number of pyridine rings is 1. The van der Waals surface area contributed by atoms with Crippen LogP contribution in [-0.2, 0) is 17.7 Å². The van der Waals surface area contributed by atoms with Gasteiger partial charge in [-0.2, -0.15) is 0 Å². The van der Waals surface area contributed by atoms with Gasteiger partial charge in [-0.05, 0) is 48.4 Å². The van der Waals surface area contributed by atoms with Crippen molar-refractivity contribution in [1.29, 1.82) is 0 Å². The lowest BCUT2D eigenvalue weighted by atomic mass is 9.86. The third-order valence-corrected chi connectivity index (χ3v) is 6.65. The maximum Gasteiger partial charge on any atom is 0.200 e. The maximum atomic E-state index is 15.0.